The molecule has 0 bridgehead atoms. The molecule has 0 aromatic carbocycles. The van der Waals surface area contributed by atoms with Crippen molar-refractivity contribution in [3.63, 3.8) is 0 Å². The first kappa shape index (κ1) is 8.62. The second-order valence-electron chi connectivity index (χ2n) is 1.71. The first-order chi connectivity index (χ1) is 5.27. The van der Waals surface area contributed by atoms with E-state index in [2.05, 4.69) is 9.97 Å². The number of halogens is 1. The number of ether oxygens (including phenoxy) is 1. The molecule has 11 heavy (non-hydrogen) atoms. The van der Waals surface area contributed by atoms with E-state index in [1.807, 2.05) is 6.26 Å². The molecule has 60 valence electrons. The number of nitrogens with zero attached hydrogens (tertiary/aromatic N) is 2. The van der Waals surface area contributed by atoms with Crippen molar-refractivity contribution in [3.05, 3.63) is 11.3 Å². The van der Waals surface area contributed by atoms with Crippen LogP contribution in [0.25, 0.3) is 0 Å². The number of hydrogen-bond donors (Lipinski definition) is 0. The van der Waals surface area contributed by atoms with Gasteiger partial charge in [-0.15, -0.1) is 11.8 Å². The zero-order valence-electron chi connectivity index (χ0n) is 6.17. The molecule has 1 heterocycles. The van der Waals surface area contributed by atoms with Gasteiger partial charge in [-0.1, -0.05) is 11.6 Å². The zero-order chi connectivity index (χ0) is 8.27. The highest BCUT2D eigenvalue weighted by atomic mass is 35.5. The summed E-state index contributed by atoms with van der Waals surface area (Å²) in [5, 5.41) is 1.09. The summed E-state index contributed by atoms with van der Waals surface area (Å²) < 4.78 is 4.94. The van der Waals surface area contributed by atoms with E-state index in [9.17, 15) is 0 Å². The number of methoxy groups -OCH3 is 1. The first-order valence-corrected chi connectivity index (χ1v) is 4.48. The van der Waals surface area contributed by atoms with Gasteiger partial charge in [0.15, 0.2) is 10.2 Å². The van der Waals surface area contributed by atoms with E-state index < -0.39 is 0 Å². The van der Waals surface area contributed by atoms with Crippen molar-refractivity contribution in [2.24, 2.45) is 0 Å². The fourth-order valence-electron chi connectivity index (χ4n) is 0.614. The van der Waals surface area contributed by atoms with Gasteiger partial charge in [0.05, 0.1) is 13.3 Å². The van der Waals surface area contributed by atoms with Crippen LogP contribution in [-0.2, 0) is 0 Å². The highest BCUT2D eigenvalue weighted by Gasteiger charge is 2.04. The maximum Gasteiger partial charge on any atom is 0.247 e. The maximum absolute atomic E-state index is 5.59. The minimum atomic E-state index is 0.347. The van der Waals surface area contributed by atoms with Gasteiger partial charge in [-0.3, -0.25) is 0 Å². The Bertz CT molecular complexity index is 256. The molecule has 1 aromatic rings. The molecule has 0 unspecified atom stereocenters. The van der Waals surface area contributed by atoms with Gasteiger partial charge in [-0.2, -0.15) is 4.98 Å². The molecule has 0 fully saturated rings. The molecule has 0 aliphatic heterocycles. The van der Waals surface area contributed by atoms with Crippen LogP contribution in [0.15, 0.2) is 11.2 Å². The number of hydrogen-bond acceptors (Lipinski definition) is 4. The summed E-state index contributed by atoms with van der Waals surface area (Å²) in [6.45, 7) is 0. The van der Waals surface area contributed by atoms with Crippen molar-refractivity contribution in [2.45, 2.75) is 5.03 Å². The summed E-state index contributed by atoms with van der Waals surface area (Å²) in [5.41, 5.74) is 0. The third-order valence-corrected chi connectivity index (χ3v) is 1.92. The van der Waals surface area contributed by atoms with Crippen molar-refractivity contribution in [1.29, 1.82) is 0 Å². The van der Waals surface area contributed by atoms with Crippen LogP contribution in [0.4, 0.5) is 0 Å². The highest BCUT2D eigenvalue weighted by molar-refractivity contribution is 7.98. The van der Waals surface area contributed by atoms with Crippen LogP contribution in [0.1, 0.15) is 0 Å². The van der Waals surface area contributed by atoms with Gasteiger partial charge in [0.1, 0.15) is 0 Å². The molecule has 1 rings (SSSR count). The molecule has 0 atom stereocenters. The van der Waals surface area contributed by atoms with Crippen LogP contribution in [0.3, 0.4) is 0 Å². The molecular weight excluding hydrogens is 184 g/mol. The van der Waals surface area contributed by atoms with Crippen LogP contribution < -0.4 is 4.74 Å². The van der Waals surface area contributed by atoms with Crippen molar-refractivity contribution < 1.29 is 4.74 Å². The topological polar surface area (TPSA) is 35.0 Å². The van der Waals surface area contributed by atoms with E-state index >= 15 is 0 Å². The smallest absolute Gasteiger partial charge is 0.247 e. The molecule has 0 saturated heterocycles. The molecule has 1 aromatic heterocycles. The average molecular weight is 191 g/mol. The van der Waals surface area contributed by atoms with Gasteiger partial charge in [-0.25, -0.2) is 4.98 Å². The van der Waals surface area contributed by atoms with Crippen LogP contribution in [0, 0.1) is 0 Å². The number of rotatable bonds is 2. The fraction of sp³-hybridized carbons (Fsp3) is 0.333. The molecular formula is C6H7ClN2OS. The third-order valence-electron chi connectivity index (χ3n) is 1.07. The lowest BCUT2D eigenvalue weighted by atomic mass is 10.7. The van der Waals surface area contributed by atoms with Crippen molar-refractivity contribution in [1.82, 2.24) is 9.97 Å². The minimum absolute atomic E-state index is 0.347. The second kappa shape index (κ2) is 3.78. The highest BCUT2D eigenvalue weighted by Crippen LogP contribution is 2.23. The van der Waals surface area contributed by atoms with Crippen LogP contribution in [0.2, 0.25) is 5.15 Å². The molecule has 3 nitrogen and oxygen atoms in total. The van der Waals surface area contributed by atoms with Gasteiger partial charge >= 0.3 is 0 Å². The molecule has 0 aliphatic carbocycles. The zero-order valence-corrected chi connectivity index (χ0v) is 7.74. The third kappa shape index (κ3) is 1.97. The molecule has 0 radical (unpaired) electrons. The van der Waals surface area contributed by atoms with E-state index in [-0.39, 0.29) is 0 Å². The van der Waals surface area contributed by atoms with Gasteiger partial charge < -0.3 is 4.74 Å². The Balaban J connectivity index is 3.06. The molecule has 0 saturated carbocycles. The summed E-state index contributed by atoms with van der Waals surface area (Å²) in [4.78, 5) is 7.93. The lowest BCUT2D eigenvalue weighted by molar-refractivity contribution is 0.383. The lowest BCUT2D eigenvalue weighted by Crippen LogP contribution is -1.92. The van der Waals surface area contributed by atoms with Gasteiger partial charge in [0.2, 0.25) is 5.88 Å². The van der Waals surface area contributed by atoms with Crippen molar-refractivity contribution in [3.8, 4) is 5.88 Å². The number of aromatic nitrogens is 2. The normalized spacial score (nSPS) is 9.73. The van der Waals surface area contributed by atoms with E-state index in [0.717, 1.165) is 5.03 Å². The Hall–Kier alpha value is -0.480. The SMILES string of the molecule is COc1nc(Cl)cnc1SC. The Labute approximate surface area is 74.1 Å². The molecule has 0 amide bonds. The quantitative estimate of drug-likeness (QED) is 0.667. The monoisotopic (exact) mass is 190 g/mol. The summed E-state index contributed by atoms with van der Waals surface area (Å²) in [6.07, 6.45) is 3.40. The number of thioether (sulfide) groups is 1. The van der Waals surface area contributed by atoms with E-state index in [1.165, 1.54) is 18.0 Å². The molecule has 0 N–H and O–H groups in total. The molecule has 0 spiro atoms. The second-order valence-corrected chi connectivity index (χ2v) is 2.89. The Kier molecular flexibility index (Phi) is 2.96. The first-order valence-electron chi connectivity index (χ1n) is 2.88. The summed E-state index contributed by atoms with van der Waals surface area (Å²) >= 11 is 7.06. The standard InChI is InChI=1S/C6H7ClN2OS/c1-10-5-6(11-2)8-3-4(7)9-5/h3H,1-2H3. The van der Waals surface area contributed by atoms with Crippen LogP contribution >= 0.6 is 23.4 Å². The van der Waals surface area contributed by atoms with Crippen LogP contribution in [0.5, 0.6) is 5.88 Å². The Morgan fingerprint density at radius 3 is 2.91 bits per heavy atom. The Morgan fingerprint density at radius 2 is 2.36 bits per heavy atom. The van der Waals surface area contributed by atoms with E-state index in [4.69, 9.17) is 16.3 Å². The van der Waals surface area contributed by atoms with E-state index in [1.54, 1.807) is 7.11 Å². The molecule has 0 aliphatic rings. The largest absolute Gasteiger partial charge is 0.479 e. The molecule has 5 heteroatoms. The lowest BCUT2D eigenvalue weighted by Gasteiger charge is -2.02. The summed E-state index contributed by atoms with van der Waals surface area (Å²) in [5.74, 6) is 0.477. The predicted molar refractivity (Wildman–Crippen MR) is 45.4 cm³/mol. The van der Waals surface area contributed by atoms with Gasteiger partial charge in [0.25, 0.3) is 0 Å². The van der Waals surface area contributed by atoms with Gasteiger partial charge in [0, 0.05) is 0 Å². The minimum Gasteiger partial charge on any atom is -0.479 e. The summed E-state index contributed by atoms with van der Waals surface area (Å²) in [7, 11) is 1.54. The van der Waals surface area contributed by atoms with E-state index in [0.29, 0.717) is 11.0 Å². The van der Waals surface area contributed by atoms with Gasteiger partial charge in [-0.05, 0) is 6.26 Å². The fourth-order valence-corrected chi connectivity index (χ4v) is 1.20. The Morgan fingerprint density at radius 1 is 1.64 bits per heavy atom. The summed E-state index contributed by atoms with van der Waals surface area (Å²) in [6, 6.07) is 0. The van der Waals surface area contributed by atoms with Crippen molar-refractivity contribution in [2.75, 3.05) is 13.4 Å². The maximum atomic E-state index is 5.59. The average Bonchev–Trinajstić information content (AvgIpc) is 2.04. The predicted octanol–water partition coefficient (Wildman–Crippen LogP) is 1.86. The van der Waals surface area contributed by atoms with Crippen molar-refractivity contribution >= 4 is 23.4 Å². The van der Waals surface area contributed by atoms with Crippen LogP contribution in [-0.4, -0.2) is 23.3 Å².